The van der Waals surface area contributed by atoms with Crippen LogP contribution in [-0.2, 0) is 41.1 Å². The minimum atomic E-state index is -2.34. The summed E-state index contributed by atoms with van der Waals surface area (Å²) in [5.74, 6) is -1.36. The number of fused-ring (bicyclic) bond motifs is 6. The van der Waals surface area contributed by atoms with Gasteiger partial charge in [-0.25, -0.2) is 0 Å². The number of aromatic nitrogens is 1. The number of ether oxygens (including phenoxy) is 3. The highest BCUT2D eigenvalue weighted by Gasteiger charge is 2.78. The molecule has 11 atom stereocenters. The maximum Gasteiger partial charge on any atom is 0.323 e. The summed E-state index contributed by atoms with van der Waals surface area (Å²) in [5.41, 5.74) is 3.81. The van der Waals surface area contributed by atoms with Crippen LogP contribution in [0.5, 0.6) is 5.75 Å². The first-order chi connectivity index (χ1) is 31.8. The van der Waals surface area contributed by atoms with Crippen LogP contribution in [-0.4, -0.2) is 151 Å². The number of methoxy groups -OCH3 is 2. The van der Waals surface area contributed by atoms with Crippen molar-refractivity contribution < 1.29 is 43.9 Å². The summed E-state index contributed by atoms with van der Waals surface area (Å²) in [6.07, 6.45) is 5.84. The van der Waals surface area contributed by atoms with Crippen molar-refractivity contribution in [3.05, 3.63) is 70.9 Å². The average molecular weight is 925 g/mol. The molecule has 3 fully saturated rings. The van der Waals surface area contributed by atoms with Crippen LogP contribution >= 0.6 is 0 Å². The predicted molar refractivity (Wildman–Crippen MR) is 255 cm³/mol. The van der Waals surface area contributed by atoms with Gasteiger partial charge >= 0.3 is 11.9 Å². The number of likely N-dealkylation sites (N-methyl/N-ethyl adjacent to an activating group) is 1. The van der Waals surface area contributed by atoms with E-state index in [4.69, 9.17) is 19.9 Å². The number of nitrogens with one attached hydrogen (secondary N) is 2. The predicted octanol–water partition coefficient (Wildman–Crippen LogP) is 3.67. The molecule has 364 valence electrons. The average Bonchev–Trinajstić information content (AvgIpc) is 3.97. The topological polar surface area (TPSA) is 203 Å². The smallest absolute Gasteiger partial charge is 0.323 e. The molecule has 2 saturated heterocycles. The minimum Gasteiger partial charge on any atom is -0.496 e. The molecule has 5 aliphatic heterocycles. The molecule has 15 heteroatoms. The second-order valence-corrected chi connectivity index (χ2v) is 21.7. The summed E-state index contributed by atoms with van der Waals surface area (Å²) in [6.45, 7) is 12.9. The zero-order valence-corrected chi connectivity index (χ0v) is 40.6. The van der Waals surface area contributed by atoms with Gasteiger partial charge < -0.3 is 50.5 Å². The molecule has 9 rings (SSSR count). The fourth-order valence-electron chi connectivity index (χ4n) is 14.1. The number of piperidine rings is 1. The second-order valence-electron chi connectivity index (χ2n) is 21.7. The molecule has 0 radical (unpaired) electrons. The summed E-state index contributed by atoms with van der Waals surface area (Å²) < 4.78 is 17.9. The monoisotopic (exact) mass is 925 g/mol. The van der Waals surface area contributed by atoms with Crippen LogP contribution in [0.4, 0.5) is 5.69 Å². The Bertz CT molecular complexity index is 2470. The lowest BCUT2D eigenvalue weighted by atomic mass is 9.47. The lowest BCUT2D eigenvalue weighted by molar-refractivity contribution is -0.203. The summed E-state index contributed by atoms with van der Waals surface area (Å²) in [4.78, 5) is 53.6. The molecule has 67 heavy (non-hydrogen) atoms. The molecule has 1 aromatic heterocycles. The summed E-state index contributed by atoms with van der Waals surface area (Å²) in [7, 11) is 4.90. The lowest BCUT2D eigenvalue weighted by Gasteiger charge is -2.63. The first-order valence-corrected chi connectivity index (χ1v) is 24.4. The quantitative estimate of drug-likeness (QED) is 0.0926. The third kappa shape index (κ3) is 6.91. The van der Waals surface area contributed by atoms with E-state index in [1.54, 1.807) is 7.11 Å². The van der Waals surface area contributed by atoms with Crippen molar-refractivity contribution >= 4 is 34.4 Å². The number of carbonyl (C=O) groups excluding carboxylic acids is 3. The molecular formula is C52H72N6O9. The summed E-state index contributed by atoms with van der Waals surface area (Å²) >= 11 is 0. The van der Waals surface area contributed by atoms with Crippen molar-refractivity contribution in [1.82, 2.24) is 20.1 Å². The number of amides is 1. The van der Waals surface area contributed by atoms with Crippen LogP contribution in [0, 0.1) is 16.7 Å². The SMILES string of the molecule is CCC1(O)C[C@H]2CN(CCc3c([nH]c4ccccc34)[C@@](C(=O)OC)(c3cc4c(cc3OC)N(C)C3[C@]45CCN4CC=C[C@](CC)(C45)[C@@H](O)[C@]3(O)C(=O)NCCCOC(=O)C(N)C(C)(C)C)C2)C1. The number of aromatic amines is 1. The number of benzene rings is 2. The first kappa shape index (κ1) is 47.6. The third-order valence-corrected chi connectivity index (χ3v) is 17.2. The highest BCUT2D eigenvalue weighted by atomic mass is 16.5. The zero-order valence-electron chi connectivity index (χ0n) is 40.6. The highest BCUT2D eigenvalue weighted by Crippen LogP contribution is 2.67. The van der Waals surface area contributed by atoms with Crippen LogP contribution in [0.3, 0.4) is 0 Å². The number of carbonyl (C=O) groups is 3. The van der Waals surface area contributed by atoms with Crippen LogP contribution in [0.15, 0.2) is 48.6 Å². The maximum absolute atomic E-state index is 15.4. The summed E-state index contributed by atoms with van der Waals surface area (Å²) in [5, 5.41) is 42.4. The normalized spacial score (nSPS) is 34.7. The maximum atomic E-state index is 15.4. The zero-order chi connectivity index (χ0) is 48.1. The second kappa shape index (κ2) is 16.9. The molecule has 2 aromatic carbocycles. The number of rotatable bonds is 11. The van der Waals surface area contributed by atoms with Crippen LogP contribution in [0.1, 0.15) is 95.5 Å². The lowest BCUT2D eigenvalue weighted by Crippen LogP contribution is -2.81. The van der Waals surface area contributed by atoms with Gasteiger partial charge in [-0.3, -0.25) is 24.2 Å². The van der Waals surface area contributed by atoms with Crippen molar-refractivity contribution in [2.75, 3.05) is 72.0 Å². The number of anilines is 1. The third-order valence-electron chi connectivity index (χ3n) is 17.2. The number of nitrogens with two attached hydrogens (primary N) is 1. The Morgan fingerprint density at radius 2 is 1.79 bits per heavy atom. The molecule has 1 saturated carbocycles. The van der Waals surface area contributed by atoms with E-state index in [0.29, 0.717) is 82.6 Å². The molecular weight excluding hydrogens is 853 g/mol. The van der Waals surface area contributed by atoms with Gasteiger partial charge in [0.05, 0.1) is 32.5 Å². The van der Waals surface area contributed by atoms with Gasteiger partial charge in [-0.2, -0.15) is 0 Å². The number of H-pyrrole nitrogens is 1. The molecule has 3 aromatic rings. The molecule has 15 nitrogen and oxygen atoms in total. The van der Waals surface area contributed by atoms with E-state index >= 15 is 9.59 Å². The van der Waals surface area contributed by atoms with Crippen molar-refractivity contribution in [1.29, 1.82) is 0 Å². The highest BCUT2D eigenvalue weighted by molar-refractivity contribution is 5.95. The van der Waals surface area contributed by atoms with Gasteiger partial charge in [0.1, 0.15) is 23.3 Å². The molecule has 5 unspecified atom stereocenters. The van der Waals surface area contributed by atoms with Gasteiger partial charge in [0.25, 0.3) is 5.91 Å². The number of para-hydroxylation sites is 1. The van der Waals surface area contributed by atoms with E-state index in [-0.39, 0.29) is 31.5 Å². The Hall–Kier alpha value is -4.51. The van der Waals surface area contributed by atoms with Gasteiger partial charge in [-0.05, 0) is 86.1 Å². The number of nitrogens with zero attached hydrogens (tertiary/aromatic N) is 3. The van der Waals surface area contributed by atoms with Gasteiger partial charge in [0.2, 0.25) is 0 Å². The largest absolute Gasteiger partial charge is 0.496 e. The van der Waals surface area contributed by atoms with E-state index in [0.717, 1.165) is 33.4 Å². The van der Waals surface area contributed by atoms with Gasteiger partial charge in [-0.15, -0.1) is 0 Å². The van der Waals surface area contributed by atoms with Crippen molar-refractivity contribution in [2.24, 2.45) is 22.5 Å². The Balaban J connectivity index is 1.21. The number of aliphatic hydroxyl groups is 3. The number of hydrogen-bond acceptors (Lipinski definition) is 13. The van der Waals surface area contributed by atoms with E-state index in [2.05, 4.69) is 32.2 Å². The molecule has 1 aliphatic carbocycles. The van der Waals surface area contributed by atoms with E-state index in [1.165, 1.54) is 7.11 Å². The van der Waals surface area contributed by atoms with E-state index in [9.17, 15) is 20.1 Å². The van der Waals surface area contributed by atoms with Crippen molar-refractivity contribution in [3.8, 4) is 5.75 Å². The van der Waals surface area contributed by atoms with Crippen LogP contribution in [0.2, 0.25) is 0 Å². The molecule has 7 N–H and O–H groups in total. The minimum absolute atomic E-state index is 0.0144. The summed E-state index contributed by atoms with van der Waals surface area (Å²) in [6, 6.07) is 10.1. The standard InChI is InChI=1S/C52H72N6O9/c1-9-48(63)27-31-28-51(46(62)66-8,40-33(17-22-57(29-31)30-48)32-15-11-12-16-36(32)55-40)35-25-34-37(26-38(35)65-7)56(6)43-50(34)19-23-58-21-13-18-49(10-2,42(50)58)44(60)52(43,64)45(61)54-20-14-24-67-41(59)39(53)47(3,4)5/h11-13,15-16,18,25-26,31,39,42-44,55,60,63-64H,9-10,14,17,19-24,27-30,53H2,1-8H3,(H,54,61)/t31-,39?,42?,43?,44-,48?,49-,50-,51+,52+/m1/s1. The molecule has 2 bridgehead atoms. The number of hydrogen-bond donors (Lipinski definition) is 6. The van der Waals surface area contributed by atoms with Crippen molar-refractivity contribution in [2.45, 2.75) is 126 Å². The fourth-order valence-corrected chi connectivity index (χ4v) is 14.1. The van der Waals surface area contributed by atoms with Crippen molar-refractivity contribution in [3.63, 3.8) is 0 Å². The first-order valence-electron chi connectivity index (χ1n) is 24.4. The van der Waals surface area contributed by atoms with E-state index < -0.39 is 68.9 Å². The fraction of sp³-hybridized carbons (Fsp3) is 0.635. The molecule has 1 spiro atoms. The Morgan fingerprint density at radius 1 is 1.03 bits per heavy atom. The Morgan fingerprint density at radius 3 is 2.49 bits per heavy atom. The van der Waals surface area contributed by atoms with Gasteiger partial charge in [-0.1, -0.05) is 65.0 Å². The number of esters is 2. The molecule has 6 heterocycles. The van der Waals surface area contributed by atoms with Crippen LogP contribution in [0.25, 0.3) is 10.9 Å². The van der Waals surface area contributed by atoms with Crippen LogP contribution < -0.4 is 20.7 Å². The van der Waals surface area contributed by atoms with Gasteiger partial charge in [0.15, 0.2) is 5.60 Å². The molecule has 6 aliphatic rings. The Labute approximate surface area is 394 Å². The van der Waals surface area contributed by atoms with Gasteiger partial charge in [0, 0.05) is 90.6 Å². The molecule has 1 amide bonds. The Kier molecular flexibility index (Phi) is 12.0. The number of aliphatic hydroxyl groups excluding tert-OH is 1. The van der Waals surface area contributed by atoms with E-state index in [1.807, 2.05) is 83.0 Å².